The fourth-order valence-electron chi connectivity index (χ4n) is 2.88. The molecule has 1 nitrogen and oxygen atoms in total. The summed E-state index contributed by atoms with van der Waals surface area (Å²) in [7, 11) is 0. The normalized spacial score (nSPS) is 16.0. The van der Waals surface area contributed by atoms with Gasteiger partial charge in [0.15, 0.2) is 0 Å². The summed E-state index contributed by atoms with van der Waals surface area (Å²) in [4.78, 5) is 0. The smallest absolute Gasteiger partial charge is 0.00683 e. The first-order valence-corrected chi connectivity index (χ1v) is 9.04. The van der Waals surface area contributed by atoms with Crippen LogP contribution in [0.25, 0.3) is 0 Å². The zero-order valence-corrected chi connectivity index (χ0v) is 13.7. The van der Waals surface area contributed by atoms with Gasteiger partial charge in [-0.25, -0.2) is 0 Å². The molecule has 112 valence electrons. The van der Waals surface area contributed by atoms with E-state index in [0.717, 1.165) is 12.0 Å². The van der Waals surface area contributed by atoms with Gasteiger partial charge in [0.2, 0.25) is 0 Å². The largest absolute Gasteiger partial charge is 0.314 e. The van der Waals surface area contributed by atoms with Crippen molar-refractivity contribution in [1.29, 1.82) is 0 Å². The summed E-state index contributed by atoms with van der Waals surface area (Å²) in [5, 5.41) is 8.20. The van der Waals surface area contributed by atoms with Crippen molar-refractivity contribution in [2.24, 2.45) is 5.92 Å². The average Bonchev–Trinajstić information content (AvgIpc) is 3.16. The van der Waals surface area contributed by atoms with E-state index >= 15 is 0 Å². The van der Waals surface area contributed by atoms with Gasteiger partial charge >= 0.3 is 0 Å². The molecule has 1 fully saturated rings. The Balaban J connectivity index is 1.57. The first kappa shape index (κ1) is 14.8. The van der Waals surface area contributed by atoms with Gasteiger partial charge in [-0.15, -0.1) is 0 Å². The highest BCUT2D eigenvalue weighted by molar-refractivity contribution is 7.07. The van der Waals surface area contributed by atoms with E-state index in [1.54, 1.807) is 0 Å². The van der Waals surface area contributed by atoms with Crippen LogP contribution in [-0.4, -0.2) is 12.6 Å². The predicted octanol–water partition coefficient (Wildman–Crippen LogP) is 4.60. The number of nitrogens with one attached hydrogen (secondary N) is 1. The molecule has 1 aliphatic carbocycles. The molecule has 2 aromatic rings. The van der Waals surface area contributed by atoms with Crippen molar-refractivity contribution < 1.29 is 0 Å². The summed E-state index contributed by atoms with van der Waals surface area (Å²) in [6.45, 7) is 3.36. The number of aryl methyl sites for hydroxylation is 2. The van der Waals surface area contributed by atoms with Crippen LogP contribution >= 0.6 is 11.3 Å². The lowest BCUT2D eigenvalue weighted by Gasteiger charge is -2.18. The Morgan fingerprint density at radius 3 is 2.86 bits per heavy atom. The summed E-state index contributed by atoms with van der Waals surface area (Å²) in [6, 6.07) is 12.1. The number of hydrogen-bond donors (Lipinski definition) is 1. The van der Waals surface area contributed by atoms with Gasteiger partial charge in [0, 0.05) is 6.04 Å². The SMILES string of the molecule is Cc1cccc(CC(CCc2ccsc2)CNC2CC2)c1. The van der Waals surface area contributed by atoms with Crippen LogP contribution < -0.4 is 5.32 Å². The van der Waals surface area contributed by atoms with Gasteiger partial charge < -0.3 is 5.32 Å². The molecule has 0 aliphatic heterocycles. The topological polar surface area (TPSA) is 12.0 Å². The molecule has 0 amide bonds. The van der Waals surface area contributed by atoms with Crippen molar-refractivity contribution in [1.82, 2.24) is 5.32 Å². The van der Waals surface area contributed by atoms with Gasteiger partial charge in [-0.05, 0) is 79.4 Å². The minimum absolute atomic E-state index is 0.743. The molecule has 1 aromatic heterocycles. The molecule has 21 heavy (non-hydrogen) atoms. The first-order valence-electron chi connectivity index (χ1n) is 8.09. The van der Waals surface area contributed by atoms with Crippen molar-refractivity contribution >= 4 is 11.3 Å². The van der Waals surface area contributed by atoms with Crippen molar-refractivity contribution in [3.63, 3.8) is 0 Å². The second-order valence-corrected chi connectivity index (χ2v) is 7.19. The predicted molar refractivity (Wildman–Crippen MR) is 92.0 cm³/mol. The van der Waals surface area contributed by atoms with Crippen molar-refractivity contribution in [2.45, 2.75) is 45.1 Å². The van der Waals surface area contributed by atoms with E-state index in [1.165, 1.54) is 55.3 Å². The van der Waals surface area contributed by atoms with Crippen LogP contribution in [0.4, 0.5) is 0 Å². The summed E-state index contributed by atoms with van der Waals surface area (Å²) in [5.74, 6) is 0.743. The van der Waals surface area contributed by atoms with Crippen LogP contribution in [-0.2, 0) is 12.8 Å². The van der Waals surface area contributed by atoms with Crippen molar-refractivity contribution in [2.75, 3.05) is 6.54 Å². The third-order valence-corrected chi connectivity index (χ3v) is 5.03. The minimum Gasteiger partial charge on any atom is -0.314 e. The highest BCUT2D eigenvalue weighted by Gasteiger charge is 2.22. The number of hydrogen-bond acceptors (Lipinski definition) is 2. The summed E-state index contributed by atoms with van der Waals surface area (Å²) in [6.07, 6.45) is 6.45. The van der Waals surface area contributed by atoms with Crippen LogP contribution in [0.15, 0.2) is 41.1 Å². The molecule has 1 unspecified atom stereocenters. The molecule has 1 N–H and O–H groups in total. The highest BCUT2D eigenvalue weighted by Crippen LogP contribution is 2.22. The Hall–Kier alpha value is -1.12. The molecule has 0 radical (unpaired) electrons. The number of thiophene rings is 1. The van der Waals surface area contributed by atoms with Crippen LogP contribution in [0.2, 0.25) is 0 Å². The molecular formula is C19H25NS. The minimum atomic E-state index is 0.743. The maximum Gasteiger partial charge on any atom is 0.00683 e. The van der Waals surface area contributed by atoms with Crippen LogP contribution in [0.3, 0.4) is 0 Å². The highest BCUT2D eigenvalue weighted by atomic mass is 32.1. The van der Waals surface area contributed by atoms with E-state index in [0.29, 0.717) is 0 Å². The summed E-state index contributed by atoms with van der Waals surface area (Å²) < 4.78 is 0. The Kier molecular flexibility index (Phi) is 5.10. The zero-order chi connectivity index (χ0) is 14.5. The Labute approximate surface area is 132 Å². The lowest BCUT2D eigenvalue weighted by atomic mass is 9.92. The van der Waals surface area contributed by atoms with E-state index in [4.69, 9.17) is 0 Å². The molecular weight excluding hydrogens is 274 g/mol. The van der Waals surface area contributed by atoms with Gasteiger partial charge in [-0.1, -0.05) is 29.8 Å². The molecule has 2 heteroatoms. The number of rotatable bonds is 8. The summed E-state index contributed by atoms with van der Waals surface area (Å²) in [5.41, 5.74) is 4.36. The standard InChI is InChI=1S/C19H25NS/c1-15-3-2-4-17(11-15)12-18(13-20-19-7-8-19)6-5-16-9-10-21-14-16/h2-4,9-11,14,18-20H,5-8,12-13H2,1H3. The lowest BCUT2D eigenvalue weighted by molar-refractivity contribution is 0.442. The van der Waals surface area contributed by atoms with E-state index in [-0.39, 0.29) is 0 Å². The van der Waals surface area contributed by atoms with Gasteiger partial charge in [0.05, 0.1) is 0 Å². The average molecular weight is 299 g/mol. The van der Waals surface area contributed by atoms with Crippen molar-refractivity contribution in [3.8, 4) is 0 Å². The van der Waals surface area contributed by atoms with Crippen LogP contribution in [0.5, 0.6) is 0 Å². The van der Waals surface area contributed by atoms with Gasteiger partial charge in [0.1, 0.15) is 0 Å². The third-order valence-electron chi connectivity index (χ3n) is 4.30. The van der Waals surface area contributed by atoms with E-state index in [2.05, 4.69) is 53.3 Å². The maximum atomic E-state index is 3.72. The Morgan fingerprint density at radius 2 is 2.14 bits per heavy atom. The molecule has 1 aromatic carbocycles. The second kappa shape index (κ2) is 7.24. The molecule has 1 aliphatic rings. The third kappa shape index (κ3) is 4.98. The number of benzene rings is 1. The van der Waals surface area contributed by atoms with Gasteiger partial charge in [0.25, 0.3) is 0 Å². The summed E-state index contributed by atoms with van der Waals surface area (Å²) >= 11 is 1.81. The molecule has 0 bridgehead atoms. The van der Waals surface area contributed by atoms with Crippen LogP contribution in [0, 0.1) is 12.8 Å². The van der Waals surface area contributed by atoms with E-state index in [1.807, 2.05) is 11.3 Å². The Bertz CT molecular complexity index is 542. The molecule has 0 saturated heterocycles. The van der Waals surface area contributed by atoms with E-state index in [9.17, 15) is 0 Å². The fraction of sp³-hybridized carbons (Fsp3) is 0.474. The molecule has 1 atom stereocenters. The lowest BCUT2D eigenvalue weighted by Crippen LogP contribution is -2.26. The zero-order valence-electron chi connectivity index (χ0n) is 12.8. The molecule has 1 heterocycles. The first-order chi connectivity index (χ1) is 10.3. The Morgan fingerprint density at radius 1 is 1.24 bits per heavy atom. The van der Waals surface area contributed by atoms with E-state index < -0.39 is 0 Å². The fourth-order valence-corrected chi connectivity index (χ4v) is 3.58. The van der Waals surface area contributed by atoms with Gasteiger partial charge in [-0.3, -0.25) is 0 Å². The van der Waals surface area contributed by atoms with Crippen molar-refractivity contribution in [3.05, 3.63) is 57.8 Å². The second-order valence-electron chi connectivity index (χ2n) is 6.41. The monoisotopic (exact) mass is 299 g/mol. The molecule has 0 spiro atoms. The quantitative estimate of drug-likeness (QED) is 0.751. The van der Waals surface area contributed by atoms with Crippen LogP contribution in [0.1, 0.15) is 36.0 Å². The molecule has 1 saturated carbocycles. The molecule has 3 rings (SSSR count). The van der Waals surface area contributed by atoms with Gasteiger partial charge in [-0.2, -0.15) is 11.3 Å². The maximum absolute atomic E-state index is 3.72.